The number of fused-ring (bicyclic) bond motifs is 2. The predicted molar refractivity (Wildman–Crippen MR) is 133 cm³/mol. The van der Waals surface area contributed by atoms with E-state index in [4.69, 9.17) is 4.74 Å². The first-order valence-corrected chi connectivity index (χ1v) is 12.1. The lowest BCUT2D eigenvalue weighted by Crippen LogP contribution is -2.53. The highest BCUT2D eigenvalue weighted by Crippen LogP contribution is 2.39. The van der Waals surface area contributed by atoms with E-state index in [1.807, 2.05) is 57.0 Å². The zero-order valence-corrected chi connectivity index (χ0v) is 20.6. The Bertz CT molecular complexity index is 1170. The summed E-state index contributed by atoms with van der Waals surface area (Å²) in [4.78, 5) is 16.9. The second-order valence-corrected chi connectivity index (χ2v) is 10.5. The lowest BCUT2D eigenvalue weighted by Gasteiger charge is -2.42. The summed E-state index contributed by atoms with van der Waals surface area (Å²) < 4.78 is 5.66. The van der Waals surface area contributed by atoms with Gasteiger partial charge in [-0.2, -0.15) is 5.10 Å². The van der Waals surface area contributed by atoms with Gasteiger partial charge in [-0.1, -0.05) is 6.07 Å². The predicted octanol–water partition coefficient (Wildman–Crippen LogP) is 4.61. The van der Waals surface area contributed by atoms with Gasteiger partial charge in [0.1, 0.15) is 11.4 Å². The Morgan fingerprint density at radius 1 is 1.11 bits per heavy atom. The zero-order valence-electron chi connectivity index (χ0n) is 20.6. The lowest BCUT2D eigenvalue weighted by molar-refractivity contribution is 0.00597. The Labute approximate surface area is 205 Å². The molecular formula is C26H32N6O3. The van der Waals surface area contributed by atoms with Gasteiger partial charge in [0.05, 0.1) is 11.9 Å². The quantitative estimate of drug-likeness (QED) is 0.566. The van der Waals surface area contributed by atoms with Crippen molar-refractivity contribution in [3.63, 3.8) is 0 Å². The van der Waals surface area contributed by atoms with Crippen molar-refractivity contribution in [3.05, 3.63) is 42.7 Å². The third kappa shape index (κ3) is 4.67. The summed E-state index contributed by atoms with van der Waals surface area (Å²) in [5, 5.41) is 26.2. The minimum absolute atomic E-state index is 0.144. The van der Waals surface area contributed by atoms with Crippen molar-refractivity contribution in [2.75, 3.05) is 11.9 Å². The number of aromatic hydroxyl groups is 1. The zero-order chi connectivity index (χ0) is 24.7. The molecule has 35 heavy (non-hydrogen) atoms. The van der Waals surface area contributed by atoms with Crippen molar-refractivity contribution in [2.24, 2.45) is 0 Å². The van der Waals surface area contributed by atoms with Gasteiger partial charge in [0.25, 0.3) is 0 Å². The molecule has 4 heterocycles. The van der Waals surface area contributed by atoms with Crippen molar-refractivity contribution in [3.8, 4) is 28.1 Å². The number of carbonyl (C=O) groups is 1. The Kier molecular flexibility index (Phi) is 5.86. The largest absolute Gasteiger partial charge is 0.507 e. The number of anilines is 1. The number of piperidine rings is 1. The molecule has 3 atom stereocenters. The minimum Gasteiger partial charge on any atom is -0.507 e. The molecule has 0 radical (unpaired) electrons. The van der Waals surface area contributed by atoms with Gasteiger partial charge in [-0.05, 0) is 76.3 Å². The van der Waals surface area contributed by atoms with Crippen LogP contribution in [-0.2, 0) is 4.74 Å². The van der Waals surface area contributed by atoms with E-state index in [2.05, 4.69) is 25.3 Å². The molecule has 2 unspecified atom stereocenters. The van der Waals surface area contributed by atoms with Crippen LogP contribution in [0.4, 0.5) is 10.6 Å². The summed E-state index contributed by atoms with van der Waals surface area (Å²) in [6, 6.07) is 9.95. The Morgan fingerprint density at radius 2 is 1.86 bits per heavy atom. The summed E-state index contributed by atoms with van der Waals surface area (Å²) in [6.45, 7) is 5.72. The van der Waals surface area contributed by atoms with E-state index >= 15 is 0 Å². The van der Waals surface area contributed by atoms with Crippen LogP contribution in [0.1, 0.15) is 46.5 Å². The number of amides is 1. The molecule has 0 spiro atoms. The highest BCUT2D eigenvalue weighted by Gasteiger charge is 2.45. The van der Waals surface area contributed by atoms with Gasteiger partial charge in [-0.15, -0.1) is 10.2 Å². The standard InChI is InChI=1S/C26H32N6O3/c1-26(2,3)35-25(34)32-18-6-7-19(32)13-20(12-18)31(4)24-10-9-22(29-30-24)21-8-5-16(11-23(21)33)17-14-27-28-15-17/h5,8-11,14-15,18-20,33H,6-7,12-13H2,1-4H3,(H,27,28)/t18-,19?,20?/m1/s1. The molecule has 2 saturated heterocycles. The van der Waals surface area contributed by atoms with Crippen molar-refractivity contribution in [1.82, 2.24) is 25.3 Å². The van der Waals surface area contributed by atoms with E-state index < -0.39 is 5.60 Å². The van der Waals surface area contributed by atoms with E-state index in [0.29, 0.717) is 11.3 Å². The van der Waals surface area contributed by atoms with Crippen molar-refractivity contribution < 1.29 is 14.6 Å². The van der Waals surface area contributed by atoms with Gasteiger partial charge >= 0.3 is 6.09 Å². The van der Waals surface area contributed by atoms with Crippen molar-refractivity contribution >= 4 is 11.9 Å². The van der Waals surface area contributed by atoms with E-state index in [0.717, 1.165) is 42.6 Å². The summed E-state index contributed by atoms with van der Waals surface area (Å²) in [7, 11) is 2.04. The number of hydrogen-bond acceptors (Lipinski definition) is 7. The maximum atomic E-state index is 12.8. The normalized spacial score (nSPS) is 21.7. The highest BCUT2D eigenvalue weighted by molar-refractivity contribution is 5.74. The van der Waals surface area contributed by atoms with Crippen LogP contribution in [0.2, 0.25) is 0 Å². The van der Waals surface area contributed by atoms with Gasteiger partial charge in [0.2, 0.25) is 0 Å². The van der Waals surface area contributed by atoms with Gasteiger partial charge in [-0.3, -0.25) is 5.10 Å². The molecule has 0 aliphatic carbocycles. The fourth-order valence-corrected chi connectivity index (χ4v) is 5.26. The number of rotatable bonds is 4. The van der Waals surface area contributed by atoms with Gasteiger partial charge < -0.3 is 19.6 Å². The Balaban J connectivity index is 1.27. The molecule has 2 aliphatic heterocycles. The number of phenols is 1. The van der Waals surface area contributed by atoms with Crippen LogP contribution in [0.5, 0.6) is 5.75 Å². The van der Waals surface area contributed by atoms with E-state index in [9.17, 15) is 9.90 Å². The molecule has 1 amide bonds. The molecule has 0 saturated carbocycles. The van der Waals surface area contributed by atoms with Crippen LogP contribution in [-0.4, -0.2) is 67.3 Å². The molecule has 1 aromatic carbocycles. The molecule has 2 bridgehead atoms. The molecule has 9 heteroatoms. The van der Waals surface area contributed by atoms with Crippen LogP contribution in [0, 0.1) is 0 Å². The number of aromatic amines is 1. The average molecular weight is 477 g/mol. The third-order valence-corrected chi connectivity index (χ3v) is 6.98. The molecule has 3 aromatic rings. The summed E-state index contributed by atoms with van der Waals surface area (Å²) in [5.74, 6) is 0.920. The first kappa shape index (κ1) is 23.1. The van der Waals surface area contributed by atoms with Gasteiger partial charge in [0.15, 0.2) is 5.82 Å². The molecule has 5 rings (SSSR count). The number of ether oxygens (including phenoxy) is 1. The fraction of sp³-hybridized carbons (Fsp3) is 0.462. The molecule has 2 N–H and O–H groups in total. The smallest absolute Gasteiger partial charge is 0.410 e. The molecular weight excluding hydrogens is 444 g/mol. The number of phenolic OH excluding ortho intramolecular Hbond substituents is 1. The van der Waals surface area contributed by atoms with E-state index in [1.165, 1.54) is 0 Å². The number of carbonyl (C=O) groups excluding carboxylic acids is 1. The average Bonchev–Trinajstić information content (AvgIpc) is 3.44. The van der Waals surface area contributed by atoms with E-state index in [1.54, 1.807) is 18.5 Å². The highest BCUT2D eigenvalue weighted by atomic mass is 16.6. The van der Waals surface area contributed by atoms with Crippen LogP contribution in [0.15, 0.2) is 42.7 Å². The maximum Gasteiger partial charge on any atom is 0.410 e. The molecule has 2 aliphatic rings. The van der Waals surface area contributed by atoms with Gasteiger partial charge in [0, 0.05) is 42.5 Å². The summed E-state index contributed by atoms with van der Waals surface area (Å²) in [6.07, 6.45) is 7.07. The van der Waals surface area contributed by atoms with Crippen LogP contribution in [0.3, 0.4) is 0 Å². The number of aromatic nitrogens is 4. The van der Waals surface area contributed by atoms with Crippen LogP contribution >= 0.6 is 0 Å². The third-order valence-electron chi connectivity index (χ3n) is 6.98. The summed E-state index contributed by atoms with van der Waals surface area (Å²) >= 11 is 0. The first-order chi connectivity index (χ1) is 16.7. The molecule has 184 valence electrons. The lowest BCUT2D eigenvalue weighted by atomic mass is 9.96. The number of hydrogen-bond donors (Lipinski definition) is 2. The fourth-order valence-electron chi connectivity index (χ4n) is 5.26. The van der Waals surface area contributed by atoms with Crippen molar-refractivity contribution in [1.29, 1.82) is 0 Å². The minimum atomic E-state index is -0.491. The second-order valence-electron chi connectivity index (χ2n) is 10.5. The van der Waals surface area contributed by atoms with Gasteiger partial charge in [-0.25, -0.2) is 4.79 Å². The number of nitrogens with zero attached hydrogens (tertiary/aromatic N) is 5. The second kappa shape index (κ2) is 8.87. The topological polar surface area (TPSA) is 107 Å². The number of benzene rings is 1. The number of H-pyrrole nitrogens is 1. The number of nitrogens with one attached hydrogen (secondary N) is 1. The maximum absolute atomic E-state index is 12.8. The summed E-state index contributed by atoms with van der Waals surface area (Å²) in [5.41, 5.74) is 2.52. The molecule has 2 aromatic heterocycles. The van der Waals surface area contributed by atoms with Crippen LogP contribution < -0.4 is 4.90 Å². The SMILES string of the molecule is CN(c1ccc(-c2ccc(-c3cn[nH]c3)cc2O)nn1)C1CC2CC[C@H](C1)N2C(=O)OC(C)(C)C. The first-order valence-electron chi connectivity index (χ1n) is 12.1. The monoisotopic (exact) mass is 476 g/mol. The Morgan fingerprint density at radius 3 is 2.43 bits per heavy atom. The van der Waals surface area contributed by atoms with Crippen molar-refractivity contribution in [2.45, 2.75) is 70.2 Å². The molecule has 9 nitrogen and oxygen atoms in total. The Hall–Kier alpha value is -3.62. The molecule has 2 fully saturated rings. The van der Waals surface area contributed by atoms with Crippen LogP contribution in [0.25, 0.3) is 22.4 Å². The van der Waals surface area contributed by atoms with E-state index in [-0.39, 0.29) is 30.0 Å².